The Labute approximate surface area is 177 Å². The molecule has 0 N–H and O–H groups in total. The Balaban J connectivity index is 1.38. The normalized spacial score (nSPS) is 15.0. The van der Waals surface area contributed by atoms with E-state index in [4.69, 9.17) is 9.51 Å². The zero-order valence-corrected chi connectivity index (χ0v) is 18.0. The molecule has 0 aliphatic carbocycles. The highest BCUT2D eigenvalue weighted by molar-refractivity contribution is 5.76. The van der Waals surface area contributed by atoms with Gasteiger partial charge in [-0.3, -0.25) is 14.5 Å². The minimum atomic E-state index is 0.206. The number of pyridine rings is 1. The summed E-state index contributed by atoms with van der Waals surface area (Å²) in [5.41, 5.74) is 5.00. The molecule has 158 valence electrons. The first-order chi connectivity index (χ1) is 14.6. The minimum absolute atomic E-state index is 0.206. The summed E-state index contributed by atoms with van der Waals surface area (Å²) in [6, 6.07) is 8.15. The van der Waals surface area contributed by atoms with Crippen molar-refractivity contribution in [3.05, 3.63) is 53.3 Å². The molecule has 4 rings (SSSR count). The number of nitrogens with zero attached hydrogens (tertiary/aromatic N) is 5. The molecule has 1 aliphatic heterocycles. The van der Waals surface area contributed by atoms with Crippen LogP contribution < -0.4 is 0 Å². The second-order valence-electron chi connectivity index (χ2n) is 7.97. The zero-order valence-electron chi connectivity index (χ0n) is 18.0. The SMILES string of the molecule is CCc1onc(C)c1-c1cccc(C2CCN(C(=O)CCn3nccc3C)CC2)n1. The first-order valence-corrected chi connectivity index (χ1v) is 10.8. The molecule has 0 aromatic carbocycles. The van der Waals surface area contributed by atoms with Gasteiger partial charge in [-0.2, -0.15) is 5.10 Å². The zero-order chi connectivity index (χ0) is 21.1. The van der Waals surface area contributed by atoms with Crippen molar-refractivity contribution in [1.29, 1.82) is 0 Å². The summed E-state index contributed by atoms with van der Waals surface area (Å²) in [4.78, 5) is 19.5. The number of carbonyl (C=O) groups excluding carboxylic acids is 1. The van der Waals surface area contributed by atoms with Crippen molar-refractivity contribution in [1.82, 2.24) is 24.8 Å². The lowest BCUT2D eigenvalue weighted by molar-refractivity contribution is -0.132. The van der Waals surface area contributed by atoms with Crippen LogP contribution in [0.1, 0.15) is 54.9 Å². The summed E-state index contributed by atoms with van der Waals surface area (Å²) < 4.78 is 7.33. The summed E-state index contributed by atoms with van der Waals surface area (Å²) in [6.07, 6.45) is 4.93. The first kappa shape index (κ1) is 20.3. The van der Waals surface area contributed by atoms with Crippen molar-refractivity contribution in [3.8, 4) is 11.3 Å². The van der Waals surface area contributed by atoms with E-state index in [1.807, 2.05) is 35.6 Å². The van der Waals surface area contributed by atoms with Crippen LogP contribution in [0, 0.1) is 13.8 Å². The summed E-state index contributed by atoms with van der Waals surface area (Å²) >= 11 is 0. The average Bonchev–Trinajstić information content (AvgIpc) is 3.36. The van der Waals surface area contributed by atoms with Crippen molar-refractivity contribution >= 4 is 5.91 Å². The summed E-state index contributed by atoms with van der Waals surface area (Å²) in [6.45, 7) is 8.22. The van der Waals surface area contributed by atoms with E-state index in [0.717, 1.165) is 66.5 Å². The fourth-order valence-corrected chi connectivity index (χ4v) is 4.22. The number of rotatable bonds is 6. The van der Waals surface area contributed by atoms with E-state index in [-0.39, 0.29) is 5.91 Å². The summed E-state index contributed by atoms with van der Waals surface area (Å²) in [7, 11) is 0. The van der Waals surface area contributed by atoms with Crippen LogP contribution in [0.25, 0.3) is 11.3 Å². The maximum atomic E-state index is 12.6. The monoisotopic (exact) mass is 407 g/mol. The van der Waals surface area contributed by atoms with Crippen molar-refractivity contribution in [2.45, 2.75) is 58.9 Å². The van der Waals surface area contributed by atoms with Gasteiger partial charge < -0.3 is 9.42 Å². The van der Waals surface area contributed by atoms with Gasteiger partial charge in [-0.25, -0.2) is 0 Å². The molecule has 0 bridgehead atoms. The van der Waals surface area contributed by atoms with E-state index in [1.54, 1.807) is 6.20 Å². The molecule has 7 nitrogen and oxygen atoms in total. The highest BCUT2D eigenvalue weighted by Gasteiger charge is 2.25. The van der Waals surface area contributed by atoms with E-state index in [0.29, 0.717) is 18.9 Å². The highest BCUT2D eigenvalue weighted by Crippen LogP contribution is 2.31. The van der Waals surface area contributed by atoms with E-state index >= 15 is 0 Å². The van der Waals surface area contributed by atoms with Gasteiger partial charge in [0.15, 0.2) is 0 Å². The molecule has 4 heterocycles. The first-order valence-electron chi connectivity index (χ1n) is 10.8. The quantitative estimate of drug-likeness (QED) is 0.619. The lowest BCUT2D eigenvalue weighted by Crippen LogP contribution is -2.38. The smallest absolute Gasteiger partial charge is 0.224 e. The van der Waals surface area contributed by atoms with Gasteiger partial charge >= 0.3 is 0 Å². The number of hydrogen-bond acceptors (Lipinski definition) is 5. The number of hydrogen-bond donors (Lipinski definition) is 0. The largest absolute Gasteiger partial charge is 0.360 e. The summed E-state index contributed by atoms with van der Waals surface area (Å²) in [5.74, 6) is 1.45. The van der Waals surface area contributed by atoms with Gasteiger partial charge in [0.05, 0.1) is 17.0 Å². The van der Waals surface area contributed by atoms with Gasteiger partial charge in [0.1, 0.15) is 5.76 Å². The molecule has 0 atom stereocenters. The van der Waals surface area contributed by atoms with E-state index in [1.165, 1.54) is 0 Å². The van der Waals surface area contributed by atoms with Crippen LogP contribution in [0.15, 0.2) is 35.0 Å². The number of likely N-dealkylation sites (tertiary alicyclic amines) is 1. The van der Waals surface area contributed by atoms with Gasteiger partial charge in [0.25, 0.3) is 0 Å². The van der Waals surface area contributed by atoms with Crippen molar-refractivity contribution in [2.75, 3.05) is 13.1 Å². The molecular formula is C23H29N5O2. The molecule has 1 amide bonds. The number of carbonyl (C=O) groups is 1. The Morgan fingerprint density at radius 1 is 1.20 bits per heavy atom. The molecule has 0 unspecified atom stereocenters. The minimum Gasteiger partial charge on any atom is -0.360 e. The lowest BCUT2D eigenvalue weighted by Gasteiger charge is -2.32. The number of aryl methyl sites for hydroxylation is 4. The third-order valence-corrected chi connectivity index (χ3v) is 6.01. The van der Waals surface area contributed by atoms with Crippen LogP contribution in [0.4, 0.5) is 0 Å². The Bertz CT molecular complexity index is 1010. The molecule has 7 heteroatoms. The van der Waals surface area contributed by atoms with Gasteiger partial charge in [-0.05, 0) is 44.9 Å². The van der Waals surface area contributed by atoms with Gasteiger partial charge in [-0.1, -0.05) is 18.1 Å². The maximum Gasteiger partial charge on any atom is 0.224 e. The predicted octanol–water partition coefficient (Wildman–Crippen LogP) is 3.91. The fourth-order valence-electron chi connectivity index (χ4n) is 4.22. The standard InChI is InChI=1S/C23H29N5O2/c1-4-21-23(17(3)26-30-21)20-7-5-6-19(25-20)18-9-13-27(14-10-18)22(29)11-15-28-16(2)8-12-24-28/h5-8,12,18H,4,9-11,13-15H2,1-3H3. The molecule has 30 heavy (non-hydrogen) atoms. The highest BCUT2D eigenvalue weighted by atomic mass is 16.5. The topological polar surface area (TPSA) is 77.0 Å². The second-order valence-corrected chi connectivity index (χ2v) is 7.97. The van der Waals surface area contributed by atoms with Crippen LogP contribution in [0.2, 0.25) is 0 Å². The molecule has 3 aromatic rings. The molecule has 0 spiro atoms. The lowest BCUT2D eigenvalue weighted by atomic mass is 9.92. The Morgan fingerprint density at radius 3 is 2.70 bits per heavy atom. The second kappa shape index (κ2) is 8.81. The molecule has 0 saturated carbocycles. The van der Waals surface area contributed by atoms with Crippen molar-refractivity contribution in [2.24, 2.45) is 0 Å². The maximum absolute atomic E-state index is 12.6. The predicted molar refractivity (Wildman–Crippen MR) is 114 cm³/mol. The third kappa shape index (κ3) is 4.15. The Kier molecular flexibility index (Phi) is 5.97. The third-order valence-electron chi connectivity index (χ3n) is 6.01. The molecular weight excluding hydrogens is 378 g/mol. The molecule has 1 fully saturated rings. The van der Waals surface area contributed by atoms with Crippen LogP contribution >= 0.6 is 0 Å². The number of piperidine rings is 1. The van der Waals surface area contributed by atoms with Gasteiger partial charge in [-0.15, -0.1) is 0 Å². The van der Waals surface area contributed by atoms with Crippen molar-refractivity contribution < 1.29 is 9.32 Å². The average molecular weight is 408 g/mol. The molecule has 1 aliphatic rings. The van der Waals surface area contributed by atoms with E-state index in [9.17, 15) is 4.79 Å². The number of amides is 1. The Morgan fingerprint density at radius 2 is 2.00 bits per heavy atom. The van der Waals surface area contributed by atoms with Gasteiger partial charge in [0, 0.05) is 56.0 Å². The van der Waals surface area contributed by atoms with Crippen LogP contribution in [-0.2, 0) is 17.8 Å². The molecule has 0 radical (unpaired) electrons. The van der Waals surface area contributed by atoms with Gasteiger partial charge in [0.2, 0.25) is 5.91 Å². The Hall–Kier alpha value is -2.96. The number of aromatic nitrogens is 4. The van der Waals surface area contributed by atoms with E-state index in [2.05, 4.69) is 29.3 Å². The molecule has 1 saturated heterocycles. The van der Waals surface area contributed by atoms with Crippen LogP contribution in [-0.4, -0.2) is 43.8 Å². The van der Waals surface area contributed by atoms with Crippen LogP contribution in [0.5, 0.6) is 0 Å². The van der Waals surface area contributed by atoms with Crippen LogP contribution in [0.3, 0.4) is 0 Å². The fraction of sp³-hybridized carbons (Fsp3) is 0.478. The van der Waals surface area contributed by atoms with E-state index < -0.39 is 0 Å². The van der Waals surface area contributed by atoms with Crippen molar-refractivity contribution in [3.63, 3.8) is 0 Å². The summed E-state index contributed by atoms with van der Waals surface area (Å²) in [5, 5.41) is 8.37. The molecule has 3 aromatic heterocycles.